The first kappa shape index (κ1) is 16.9. The summed E-state index contributed by atoms with van der Waals surface area (Å²) in [6, 6.07) is 8.78. The molecule has 0 saturated heterocycles. The van der Waals surface area contributed by atoms with Crippen LogP contribution in [0.5, 0.6) is 0 Å². The van der Waals surface area contributed by atoms with Gasteiger partial charge in [-0.3, -0.25) is 0 Å². The molecule has 1 rings (SSSR count). The molecule has 112 valence electrons. The van der Waals surface area contributed by atoms with Gasteiger partial charge in [-0.05, 0) is 36.4 Å². The standard InChI is InChI=1S/C18H29NO/c1-5-6-11-20-14-17-7-9-18(10-8-17)16(4)13-19-12-15(2)3/h5-10,15-16,19H,11-14H2,1-4H3/b6-5+. The van der Waals surface area contributed by atoms with Crippen molar-refractivity contribution in [2.45, 2.75) is 40.2 Å². The minimum atomic E-state index is 0.548. The number of benzene rings is 1. The lowest BCUT2D eigenvalue weighted by molar-refractivity contribution is 0.148. The summed E-state index contributed by atoms with van der Waals surface area (Å²) in [5.74, 6) is 1.26. The highest BCUT2D eigenvalue weighted by Crippen LogP contribution is 2.15. The number of allylic oxidation sites excluding steroid dienone is 1. The van der Waals surface area contributed by atoms with Crippen LogP contribution < -0.4 is 5.32 Å². The molecular weight excluding hydrogens is 246 g/mol. The van der Waals surface area contributed by atoms with E-state index in [9.17, 15) is 0 Å². The topological polar surface area (TPSA) is 21.3 Å². The van der Waals surface area contributed by atoms with Gasteiger partial charge in [-0.1, -0.05) is 57.2 Å². The van der Waals surface area contributed by atoms with Crippen LogP contribution in [-0.2, 0) is 11.3 Å². The van der Waals surface area contributed by atoms with Crippen molar-refractivity contribution in [2.75, 3.05) is 19.7 Å². The second-order valence-corrected chi connectivity index (χ2v) is 5.78. The van der Waals surface area contributed by atoms with E-state index in [1.165, 1.54) is 11.1 Å². The van der Waals surface area contributed by atoms with Gasteiger partial charge in [0.05, 0.1) is 13.2 Å². The van der Waals surface area contributed by atoms with E-state index in [0.29, 0.717) is 25.0 Å². The highest BCUT2D eigenvalue weighted by atomic mass is 16.5. The van der Waals surface area contributed by atoms with Gasteiger partial charge in [-0.15, -0.1) is 0 Å². The maximum atomic E-state index is 5.55. The molecule has 0 saturated carbocycles. The summed E-state index contributed by atoms with van der Waals surface area (Å²) < 4.78 is 5.55. The molecule has 0 spiro atoms. The molecule has 0 aliphatic carbocycles. The summed E-state index contributed by atoms with van der Waals surface area (Å²) in [4.78, 5) is 0. The third kappa shape index (κ3) is 6.88. The van der Waals surface area contributed by atoms with Crippen molar-refractivity contribution in [3.63, 3.8) is 0 Å². The molecule has 1 aromatic rings. The van der Waals surface area contributed by atoms with Gasteiger partial charge in [0.25, 0.3) is 0 Å². The second kappa shape index (κ2) is 9.73. The average Bonchev–Trinajstić information content (AvgIpc) is 2.44. The first-order chi connectivity index (χ1) is 9.63. The largest absolute Gasteiger partial charge is 0.373 e. The summed E-state index contributed by atoms with van der Waals surface area (Å²) >= 11 is 0. The number of ether oxygens (including phenoxy) is 1. The van der Waals surface area contributed by atoms with Crippen LogP contribution in [0.3, 0.4) is 0 Å². The van der Waals surface area contributed by atoms with E-state index in [-0.39, 0.29) is 0 Å². The van der Waals surface area contributed by atoms with Gasteiger partial charge < -0.3 is 10.1 Å². The molecule has 0 aliphatic heterocycles. The fraction of sp³-hybridized carbons (Fsp3) is 0.556. The van der Waals surface area contributed by atoms with E-state index in [4.69, 9.17) is 4.74 Å². The maximum Gasteiger partial charge on any atom is 0.0721 e. The molecule has 1 N–H and O–H groups in total. The highest BCUT2D eigenvalue weighted by molar-refractivity contribution is 5.24. The molecule has 0 fully saturated rings. The van der Waals surface area contributed by atoms with Crippen molar-refractivity contribution in [3.05, 3.63) is 47.5 Å². The Morgan fingerprint density at radius 3 is 2.40 bits per heavy atom. The Morgan fingerprint density at radius 1 is 1.10 bits per heavy atom. The van der Waals surface area contributed by atoms with E-state index < -0.39 is 0 Å². The molecule has 1 atom stereocenters. The van der Waals surface area contributed by atoms with Crippen molar-refractivity contribution in [3.8, 4) is 0 Å². The lowest BCUT2D eigenvalue weighted by atomic mass is 10.00. The molecule has 2 heteroatoms. The normalized spacial score (nSPS) is 13.2. The van der Waals surface area contributed by atoms with Crippen LogP contribution in [0.1, 0.15) is 44.7 Å². The molecular formula is C18H29NO. The van der Waals surface area contributed by atoms with Crippen molar-refractivity contribution in [2.24, 2.45) is 5.92 Å². The second-order valence-electron chi connectivity index (χ2n) is 5.78. The van der Waals surface area contributed by atoms with Crippen molar-refractivity contribution < 1.29 is 4.74 Å². The van der Waals surface area contributed by atoms with Gasteiger partial charge in [-0.2, -0.15) is 0 Å². The third-order valence-electron chi connectivity index (χ3n) is 3.27. The Morgan fingerprint density at radius 2 is 1.80 bits per heavy atom. The number of hydrogen-bond donors (Lipinski definition) is 1. The Labute approximate surface area is 124 Å². The number of rotatable bonds is 9. The van der Waals surface area contributed by atoms with Crippen molar-refractivity contribution in [1.82, 2.24) is 5.32 Å². The molecule has 2 nitrogen and oxygen atoms in total. The monoisotopic (exact) mass is 275 g/mol. The van der Waals surface area contributed by atoms with Gasteiger partial charge in [0.15, 0.2) is 0 Å². The highest BCUT2D eigenvalue weighted by Gasteiger charge is 2.05. The Balaban J connectivity index is 2.36. The predicted molar refractivity (Wildman–Crippen MR) is 87.0 cm³/mol. The molecule has 0 radical (unpaired) electrons. The summed E-state index contributed by atoms with van der Waals surface area (Å²) in [7, 11) is 0. The molecule has 0 aromatic heterocycles. The zero-order valence-electron chi connectivity index (χ0n) is 13.4. The molecule has 0 heterocycles. The maximum absolute atomic E-state index is 5.55. The smallest absolute Gasteiger partial charge is 0.0721 e. The van der Waals surface area contributed by atoms with Gasteiger partial charge >= 0.3 is 0 Å². The third-order valence-corrected chi connectivity index (χ3v) is 3.27. The SMILES string of the molecule is C/C=C/COCc1ccc(C(C)CNCC(C)C)cc1. The first-order valence-corrected chi connectivity index (χ1v) is 7.62. The molecule has 0 bridgehead atoms. The van der Waals surface area contributed by atoms with E-state index in [2.05, 4.69) is 50.4 Å². The Hall–Kier alpha value is -1.12. The van der Waals surface area contributed by atoms with Crippen LogP contribution >= 0.6 is 0 Å². The summed E-state index contributed by atoms with van der Waals surface area (Å²) in [5, 5.41) is 3.51. The van der Waals surface area contributed by atoms with Crippen LogP contribution in [0, 0.1) is 5.92 Å². The lowest BCUT2D eigenvalue weighted by Crippen LogP contribution is -2.24. The molecule has 0 aliphatic rings. The molecule has 0 amide bonds. The van der Waals surface area contributed by atoms with Gasteiger partial charge in [-0.25, -0.2) is 0 Å². The minimum Gasteiger partial charge on any atom is -0.373 e. The fourth-order valence-electron chi connectivity index (χ4n) is 1.99. The number of nitrogens with one attached hydrogen (secondary N) is 1. The van der Waals surface area contributed by atoms with E-state index >= 15 is 0 Å². The van der Waals surface area contributed by atoms with Crippen molar-refractivity contribution in [1.29, 1.82) is 0 Å². The van der Waals surface area contributed by atoms with Crippen LogP contribution in [0.4, 0.5) is 0 Å². The van der Waals surface area contributed by atoms with Crippen LogP contribution in [0.2, 0.25) is 0 Å². The van der Waals surface area contributed by atoms with E-state index in [0.717, 1.165) is 13.1 Å². The van der Waals surface area contributed by atoms with Gasteiger partial charge in [0, 0.05) is 6.54 Å². The van der Waals surface area contributed by atoms with E-state index in [1.54, 1.807) is 0 Å². The van der Waals surface area contributed by atoms with Crippen LogP contribution in [0.15, 0.2) is 36.4 Å². The van der Waals surface area contributed by atoms with E-state index in [1.807, 2.05) is 19.1 Å². The average molecular weight is 275 g/mol. The molecule has 1 aromatic carbocycles. The summed E-state index contributed by atoms with van der Waals surface area (Å²) in [5.41, 5.74) is 2.62. The zero-order chi connectivity index (χ0) is 14.8. The quantitative estimate of drug-likeness (QED) is 0.540. The Kier molecular flexibility index (Phi) is 8.24. The van der Waals surface area contributed by atoms with Gasteiger partial charge in [0.1, 0.15) is 0 Å². The molecule has 20 heavy (non-hydrogen) atoms. The predicted octanol–water partition coefficient (Wildman–Crippen LogP) is 4.13. The van der Waals surface area contributed by atoms with Crippen LogP contribution in [-0.4, -0.2) is 19.7 Å². The summed E-state index contributed by atoms with van der Waals surface area (Å²) in [6.07, 6.45) is 4.03. The van der Waals surface area contributed by atoms with Crippen LogP contribution in [0.25, 0.3) is 0 Å². The van der Waals surface area contributed by atoms with Gasteiger partial charge in [0.2, 0.25) is 0 Å². The number of hydrogen-bond acceptors (Lipinski definition) is 2. The summed E-state index contributed by atoms with van der Waals surface area (Å²) in [6.45, 7) is 12.2. The first-order valence-electron chi connectivity index (χ1n) is 7.62. The minimum absolute atomic E-state index is 0.548. The fourth-order valence-corrected chi connectivity index (χ4v) is 1.99. The molecule has 1 unspecified atom stereocenters. The lowest BCUT2D eigenvalue weighted by Gasteiger charge is -2.15. The zero-order valence-corrected chi connectivity index (χ0v) is 13.4. The van der Waals surface area contributed by atoms with Crippen molar-refractivity contribution >= 4 is 0 Å². The Bertz CT molecular complexity index is 381.